The van der Waals surface area contributed by atoms with E-state index in [1.807, 2.05) is 48.4 Å². The first-order chi connectivity index (χ1) is 17.7. The van der Waals surface area contributed by atoms with Gasteiger partial charge in [-0.2, -0.15) is 5.26 Å². The van der Waals surface area contributed by atoms with Crippen molar-refractivity contribution in [3.05, 3.63) is 71.1 Å². The Morgan fingerprint density at radius 3 is 2.73 bits per heavy atom. The molecule has 192 valence electrons. The first-order valence-electron chi connectivity index (χ1n) is 12.3. The fourth-order valence-corrected chi connectivity index (χ4v) is 5.21. The average molecular weight is 503 g/mol. The molecular weight excluding hydrogens is 471 g/mol. The molecule has 0 saturated carbocycles. The first kappa shape index (κ1) is 24.7. The molecule has 1 fully saturated rings. The van der Waals surface area contributed by atoms with E-state index in [-0.39, 0.29) is 23.3 Å². The molecule has 3 aliphatic rings. The Bertz CT molecular complexity index is 1330. The summed E-state index contributed by atoms with van der Waals surface area (Å²) in [5.41, 5.74) is 1.71. The Morgan fingerprint density at radius 1 is 1.24 bits per heavy atom. The molecule has 2 aromatic rings. The summed E-state index contributed by atoms with van der Waals surface area (Å²) < 4.78 is 20.2. The van der Waals surface area contributed by atoms with Crippen LogP contribution in [0.5, 0.6) is 5.75 Å². The van der Waals surface area contributed by atoms with E-state index in [1.165, 1.54) is 6.07 Å². The molecule has 3 aliphatic heterocycles. The van der Waals surface area contributed by atoms with Crippen LogP contribution in [0.3, 0.4) is 0 Å². The standard InChI is InChI=1S/C27H31FN8O/c1-17-15-30-25-13-22(20-12-19(37-5)7-8-21(20)28)34(4)36(25)26(17)31-23-10-11-35(16-27(23,2)3)24-9-6-18(14-29)32-33-24/h6-9,12-13,15,22-23,30H,10-11,16H2,1-5H3. The summed E-state index contributed by atoms with van der Waals surface area (Å²) in [5.74, 6) is 2.80. The van der Waals surface area contributed by atoms with E-state index in [0.29, 0.717) is 17.0 Å². The molecule has 1 N–H and O–H groups in total. The molecule has 9 nitrogen and oxygen atoms in total. The number of benzene rings is 1. The van der Waals surface area contributed by atoms with Gasteiger partial charge in [-0.25, -0.2) is 14.4 Å². The topological polar surface area (TPSA) is 92.9 Å². The molecule has 0 spiro atoms. The minimum Gasteiger partial charge on any atom is -0.497 e. The average Bonchev–Trinajstić information content (AvgIpc) is 3.23. The zero-order chi connectivity index (χ0) is 26.3. The highest BCUT2D eigenvalue weighted by Gasteiger charge is 2.41. The van der Waals surface area contributed by atoms with E-state index in [4.69, 9.17) is 15.0 Å². The van der Waals surface area contributed by atoms with Crippen molar-refractivity contribution in [3.63, 3.8) is 0 Å². The van der Waals surface area contributed by atoms with E-state index in [1.54, 1.807) is 25.3 Å². The second-order valence-electron chi connectivity index (χ2n) is 10.3. The van der Waals surface area contributed by atoms with Crippen LogP contribution < -0.4 is 15.0 Å². The zero-order valence-corrected chi connectivity index (χ0v) is 21.7. The van der Waals surface area contributed by atoms with Crippen molar-refractivity contribution in [2.75, 3.05) is 32.1 Å². The molecule has 10 heteroatoms. The number of nitrogens with zero attached hydrogens (tertiary/aromatic N) is 7. The fraction of sp³-hybridized carbons (Fsp3) is 0.407. The molecule has 1 aromatic carbocycles. The van der Waals surface area contributed by atoms with Gasteiger partial charge in [0.25, 0.3) is 0 Å². The number of aromatic nitrogens is 2. The van der Waals surface area contributed by atoms with Gasteiger partial charge in [0.15, 0.2) is 11.5 Å². The van der Waals surface area contributed by atoms with Gasteiger partial charge >= 0.3 is 0 Å². The summed E-state index contributed by atoms with van der Waals surface area (Å²) in [5, 5.41) is 24.6. The van der Waals surface area contributed by atoms with E-state index in [0.717, 1.165) is 42.6 Å². The van der Waals surface area contributed by atoms with Crippen LogP contribution in [0.25, 0.3) is 0 Å². The molecule has 0 amide bonds. The Labute approximate surface area is 216 Å². The fourth-order valence-electron chi connectivity index (χ4n) is 5.21. The monoisotopic (exact) mass is 502 g/mol. The van der Waals surface area contributed by atoms with Crippen molar-refractivity contribution < 1.29 is 9.13 Å². The van der Waals surface area contributed by atoms with E-state index in [9.17, 15) is 4.39 Å². The highest BCUT2D eigenvalue weighted by Crippen LogP contribution is 2.39. The first-order valence-corrected chi connectivity index (χ1v) is 12.3. The smallest absolute Gasteiger partial charge is 0.163 e. The SMILES string of the molecule is COc1ccc(F)c(C2C=C3NC=C(C)C(=NC4CCN(c5ccc(C#N)nn5)CC4(C)C)N3N2C)c1. The number of hydrogen-bond donors (Lipinski definition) is 1. The molecule has 1 saturated heterocycles. The minimum atomic E-state index is -0.313. The molecule has 2 atom stereocenters. The number of piperidine rings is 1. The number of methoxy groups -OCH3 is 1. The van der Waals surface area contributed by atoms with Crippen molar-refractivity contribution in [2.45, 2.75) is 39.3 Å². The Balaban J connectivity index is 1.40. The van der Waals surface area contributed by atoms with Gasteiger partial charge in [0.1, 0.15) is 29.3 Å². The van der Waals surface area contributed by atoms with Gasteiger partial charge < -0.3 is 15.0 Å². The molecular formula is C27H31FN8O. The lowest BCUT2D eigenvalue weighted by Crippen LogP contribution is -2.51. The number of ether oxygens (including phenoxy) is 1. The maximum absolute atomic E-state index is 14.9. The molecule has 4 heterocycles. The second kappa shape index (κ2) is 9.48. The maximum Gasteiger partial charge on any atom is 0.163 e. The van der Waals surface area contributed by atoms with E-state index >= 15 is 0 Å². The summed E-state index contributed by atoms with van der Waals surface area (Å²) in [6, 6.07) is 10.1. The van der Waals surface area contributed by atoms with Crippen molar-refractivity contribution >= 4 is 11.7 Å². The summed E-state index contributed by atoms with van der Waals surface area (Å²) >= 11 is 0. The largest absolute Gasteiger partial charge is 0.497 e. The minimum absolute atomic E-state index is 0.0637. The van der Waals surface area contributed by atoms with Gasteiger partial charge in [-0.05, 0) is 49.8 Å². The number of halogens is 1. The van der Waals surface area contributed by atoms with Gasteiger partial charge in [-0.1, -0.05) is 13.8 Å². The molecule has 0 bridgehead atoms. The normalized spacial score (nSPS) is 24.2. The Kier molecular flexibility index (Phi) is 6.33. The summed E-state index contributed by atoms with van der Waals surface area (Å²) in [6.45, 7) is 7.99. The predicted molar refractivity (Wildman–Crippen MR) is 139 cm³/mol. The molecule has 37 heavy (non-hydrogen) atoms. The van der Waals surface area contributed by atoms with Gasteiger partial charge in [0, 0.05) is 42.9 Å². The van der Waals surface area contributed by atoms with Gasteiger partial charge in [0.2, 0.25) is 0 Å². The number of nitriles is 1. The van der Waals surface area contributed by atoms with Crippen molar-refractivity contribution in [1.29, 1.82) is 5.26 Å². The van der Waals surface area contributed by atoms with Gasteiger partial charge in [-0.15, -0.1) is 10.2 Å². The highest BCUT2D eigenvalue weighted by atomic mass is 19.1. The number of aliphatic imine (C=N–C) groups is 1. The van der Waals surface area contributed by atoms with Crippen LogP contribution in [-0.2, 0) is 0 Å². The van der Waals surface area contributed by atoms with Crippen LogP contribution in [0.15, 0.2) is 59.0 Å². The third kappa shape index (κ3) is 4.51. The predicted octanol–water partition coefficient (Wildman–Crippen LogP) is 3.75. The van der Waals surface area contributed by atoms with Crippen LogP contribution in [0.2, 0.25) is 0 Å². The van der Waals surface area contributed by atoms with Crippen LogP contribution in [0, 0.1) is 22.6 Å². The number of nitrogens with one attached hydrogen (secondary N) is 1. The van der Waals surface area contributed by atoms with Crippen LogP contribution in [0.4, 0.5) is 10.2 Å². The van der Waals surface area contributed by atoms with Crippen molar-refractivity contribution in [2.24, 2.45) is 10.4 Å². The number of rotatable bonds is 4. The highest BCUT2D eigenvalue weighted by molar-refractivity contribution is 5.99. The lowest BCUT2D eigenvalue weighted by Gasteiger charge is -2.44. The molecule has 2 unspecified atom stereocenters. The van der Waals surface area contributed by atoms with E-state index < -0.39 is 0 Å². The lowest BCUT2D eigenvalue weighted by molar-refractivity contribution is 0.0985. The quantitative estimate of drug-likeness (QED) is 0.676. The summed E-state index contributed by atoms with van der Waals surface area (Å²) in [7, 11) is 3.53. The lowest BCUT2D eigenvalue weighted by atomic mass is 9.79. The van der Waals surface area contributed by atoms with E-state index in [2.05, 4.69) is 34.3 Å². The Hall–Kier alpha value is -3.97. The van der Waals surface area contributed by atoms with Crippen LogP contribution in [-0.4, -0.2) is 59.3 Å². The van der Waals surface area contributed by atoms with Crippen molar-refractivity contribution in [3.8, 4) is 11.8 Å². The third-order valence-electron chi connectivity index (χ3n) is 7.31. The van der Waals surface area contributed by atoms with Crippen LogP contribution >= 0.6 is 0 Å². The molecule has 1 aromatic heterocycles. The number of likely N-dealkylation sites (N-methyl/N-ethyl adjacent to an activating group) is 1. The number of amidine groups is 1. The van der Waals surface area contributed by atoms with Crippen LogP contribution in [0.1, 0.15) is 44.5 Å². The maximum atomic E-state index is 14.9. The summed E-state index contributed by atoms with van der Waals surface area (Å²) in [4.78, 5) is 7.49. The molecule has 0 radical (unpaired) electrons. The number of hydrogen-bond acceptors (Lipinski definition) is 8. The van der Waals surface area contributed by atoms with Gasteiger partial charge in [-0.3, -0.25) is 4.99 Å². The third-order valence-corrected chi connectivity index (χ3v) is 7.31. The number of fused-ring (bicyclic) bond motifs is 1. The number of anilines is 1. The van der Waals surface area contributed by atoms with Crippen molar-refractivity contribution in [1.82, 2.24) is 25.5 Å². The molecule has 0 aliphatic carbocycles. The Morgan fingerprint density at radius 2 is 2.05 bits per heavy atom. The number of hydrazine groups is 1. The second-order valence-corrected chi connectivity index (χ2v) is 10.3. The summed E-state index contributed by atoms with van der Waals surface area (Å²) in [6.07, 6.45) is 4.80. The zero-order valence-electron chi connectivity index (χ0n) is 21.7. The van der Waals surface area contributed by atoms with Gasteiger partial charge in [0.05, 0.1) is 19.2 Å². The molecule has 5 rings (SSSR count).